The summed E-state index contributed by atoms with van der Waals surface area (Å²) >= 11 is 0. The second-order valence-electron chi connectivity index (χ2n) is 3.34. The van der Waals surface area contributed by atoms with Crippen LogP contribution in [0.2, 0.25) is 0 Å². The Hall–Kier alpha value is -2.11. The van der Waals surface area contributed by atoms with Gasteiger partial charge in [0.25, 0.3) is 0 Å². The van der Waals surface area contributed by atoms with Gasteiger partial charge in [-0.05, 0) is 6.92 Å². The molecular weight excluding hydrogens is 206 g/mol. The van der Waals surface area contributed by atoms with Crippen molar-refractivity contribution in [2.75, 3.05) is 12.4 Å². The van der Waals surface area contributed by atoms with Crippen LogP contribution < -0.4 is 10.1 Å². The van der Waals surface area contributed by atoms with Crippen LogP contribution in [-0.2, 0) is 7.05 Å². The van der Waals surface area contributed by atoms with Gasteiger partial charge in [0.1, 0.15) is 5.82 Å². The molecule has 0 radical (unpaired) electrons. The Bertz CT molecular complexity index is 494. The van der Waals surface area contributed by atoms with E-state index in [1.165, 1.54) is 0 Å². The first-order chi connectivity index (χ1) is 7.69. The van der Waals surface area contributed by atoms with Crippen LogP contribution in [0, 0.1) is 6.92 Å². The molecule has 0 saturated heterocycles. The molecule has 0 saturated carbocycles. The largest absolute Gasteiger partial charge is 0.419 e. The number of rotatable bonds is 3. The Morgan fingerprint density at radius 1 is 1.38 bits per heavy atom. The molecular formula is C10H13N5O. The maximum absolute atomic E-state index is 5.56. The molecule has 0 atom stereocenters. The smallest absolute Gasteiger partial charge is 0.241 e. The van der Waals surface area contributed by atoms with E-state index >= 15 is 0 Å². The molecule has 2 rings (SSSR count). The quantitative estimate of drug-likeness (QED) is 0.844. The van der Waals surface area contributed by atoms with Crippen molar-refractivity contribution in [2.45, 2.75) is 6.92 Å². The minimum absolute atomic E-state index is 0.440. The lowest BCUT2D eigenvalue weighted by Gasteiger charge is -2.05. The highest BCUT2D eigenvalue weighted by Gasteiger charge is 2.06. The summed E-state index contributed by atoms with van der Waals surface area (Å²) in [5.74, 6) is 1.74. The van der Waals surface area contributed by atoms with E-state index in [4.69, 9.17) is 4.74 Å². The second kappa shape index (κ2) is 4.18. The molecule has 16 heavy (non-hydrogen) atoms. The van der Waals surface area contributed by atoms with Gasteiger partial charge in [0, 0.05) is 20.2 Å². The standard InChI is InChI=1S/C10H13N5O/c1-7-4-10(15(3)14-7)16-9-6-12-5-8(11-2)13-9/h4-6H,1-3H3,(H,11,13). The van der Waals surface area contributed by atoms with Crippen LogP contribution in [0.25, 0.3) is 0 Å². The van der Waals surface area contributed by atoms with Crippen LogP contribution in [-0.4, -0.2) is 26.8 Å². The molecule has 2 aromatic rings. The SMILES string of the molecule is CNc1cncc(Oc2cc(C)nn2C)n1. The van der Waals surface area contributed by atoms with Gasteiger partial charge in [0.05, 0.1) is 18.1 Å². The van der Waals surface area contributed by atoms with Gasteiger partial charge in [0.15, 0.2) is 0 Å². The van der Waals surface area contributed by atoms with E-state index in [0.717, 1.165) is 5.69 Å². The first-order valence-electron chi connectivity index (χ1n) is 4.87. The van der Waals surface area contributed by atoms with E-state index in [1.54, 1.807) is 24.1 Å². The molecule has 0 aliphatic carbocycles. The minimum atomic E-state index is 0.440. The Kier molecular flexibility index (Phi) is 2.72. The zero-order chi connectivity index (χ0) is 11.5. The molecule has 0 spiro atoms. The van der Waals surface area contributed by atoms with Crippen molar-refractivity contribution < 1.29 is 4.74 Å². The monoisotopic (exact) mass is 219 g/mol. The van der Waals surface area contributed by atoms with Crippen LogP contribution in [0.5, 0.6) is 11.8 Å². The summed E-state index contributed by atoms with van der Waals surface area (Å²) < 4.78 is 7.22. The first kappa shape index (κ1) is 10.4. The molecule has 84 valence electrons. The molecule has 0 aliphatic rings. The number of aromatic nitrogens is 4. The maximum atomic E-state index is 5.56. The van der Waals surface area contributed by atoms with Crippen LogP contribution in [0.4, 0.5) is 5.82 Å². The number of aryl methyl sites for hydroxylation is 2. The summed E-state index contributed by atoms with van der Waals surface area (Å²) in [7, 11) is 3.60. The van der Waals surface area contributed by atoms with E-state index in [2.05, 4.69) is 20.4 Å². The molecule has 2 heterocycles. The highest BCUT2D eigenvalue weighted by atomic mass is 16.5. The van der Waals surface area contributed by atoms with Gasteiger partial charge < -0.3 is 10.1 Å². The lowest BCUT2D eigenvalue weighted by atomic mass is 10.5. The highest BCUT2D eigenvalue weighted by molar-refractivity contribution is 5.33. The van der Waals surface area contributed by atoms with Gasteiger partial charge in [-0.2, -0.15) is 10.1 Å². The van der Waals surface area contributed by atoms with Gasteiger partial charge >= 0.3 is 0 Å². The van der Waals surface area contributed by atoms with Crippen molar-refractivity contribution in [1.82, 2.24) is 19.7 Å². The Morgan fingerprint density at radius 3 is 2.81 bits per heavy atom. The summed E-state index contributed by atoms with van der Waals surface area (Å²) in [5.41, 5.74) is 0.898. The van der Waals surface area contributed by atoms with E-state index < -0.39 is 0 Å². The third-order valence-corrected chi connectivity index (χ3v) is 2.04. The molecule has 0 fully saturated rings. The Labute approximate surface area is 93.3 Å². The number of hydrogen-bond acceptors (Lipinski definition) is 5. The first-order valence-corrected chi connectivity index (χ1v) is 4.87. The fourth-order valence-corrected chi connectivity index (χ4v) is 1.31. The van der Waals surface area contributed by atoms with Crippen LogP contribution in [0.15, 0.2) is 18.5 Å². The molecule has 0 bridgehead atoms. The maximum Gasteiger partial charge on any atom is 0.241 e. The Morgan fingerprint density at radius 2 is 2.19 bits per heavy atom. The van der Waals surface area contributed by atoms with Crippen molar-refractivity contribution >= 4 is 5.82 Å². The van der Waals surface area contributed by atoms with Crippen LogP contribution >= 0.6 is 0 Å². The lowest BCUT2D eigenvalue weighted by Crippen LogP contribution is -1.99. The minimum Gasteiger partial charge on any atom is -0.419 e. The van der Waals surface area contributed by atoms with Crippen molar-refractivity contribution in [2.24, 2.45) is 7.05 Å². The number of hydrogen-bond donors (Lipinski definition) is 1. The summed E-state index contributed by atoms with van der Waals surface area (Å²) in [5, 5.41) is 7.07. The van der Waals surface area contributed by atoms with Crippen molar-refractivity contribution in [1.29, 1.82) is 0 Å². The molecule has 0 aliphatic heterocycles. The zero-order valence-corrected chi connectivity index (χ0v) is 9.43. The fourth-order valence-electron chi connectivity index (χ4n) is 1.31. The van der Waals surface area contributed by atoms with E-state index in [-0.39, 0.29) is 0 Å². The second-order valence-corrected chi connectivity index (χ2v) is 3.34. The number of nitrogens with zero attached hydrogens (tertiary/aromatic N) is 4. The van der Waals surface area contributed by atoms with Gasteiger partial charge in [-0.3, -0.25) is 4.98 Å². The topological polar surface area (TPSA) is 64.9 Å². The molecule has 0 aromatic carbocycles. The summed E-state index contributed by atoms with van der Waals surface area (Å²) in [6.07, 6.45) is 3.19. The molecule has 6 nitrogen and oxygen atoms in total. The third-order valence-electron chi connectivity index (χ3n) is 2.04. The zero-order valence-electron chi connectivity index (χ0n) is 9.43. The summed E-state index contributed by atoms with van der Waals surface area (Å²) in [6.45, 7) is 1.91. The fraction of sp³-hybridized carbons (Fsp3) is 0.300. The molecule has 0 amide bonds. The summed E-state index contributed by atoms with van der Waals surface area (Å²) in [4.78, 5) is 8.21. The number of nitrogens with one attached hydrogen (secondary N) is 1. The van der Waals surface area contributed by atoms with Crippen LogP contribution in [0.3, 0.4) is 0 Å². The van der Waals surface area contributed by atoms with E-state index in [9.17, 15) is 0 Å². The van der Waals surface area contributed by atoms with Crippen LogP contribution in [0.1, 0.15) is 5.69 Å². The van der Waals surface area contributed by atoms with Gasteiger partial charge in [0.2, 0.25) is 11.8 Å². The molecule has 2 aromatic heterocycles. The van der Waals surface area contributed by atoms with Crippen molar-refractivity contribution in [3.8, 4) is 11.8 Å². The predicted octanol–water partition coefficient (Wildman–Crippen LogP) is 1.35. The Balaban J connectivity index is 2.23. The van der Waals surface area contributed by atoms with Crippen molar-refractivity contribution in [3.63, 3.8) is 0 Å². The third kappa shape index (κ3) is 2.10. The average Bonchev–Trinajstić information content (AvgIpc) is 2.58. The summed E-state index contributed by atoms with van der Waals surface area (Å²) in [6, 6.07) is 1.84. The van der Waals surface area contributed by atoms with E-state index in [0.29, 0.717) is 17.6 Å². The van der Waals surface area contributed by atoms with Gasteiger partial charge in [-0.1, -0.05) is 0 Å². The van der Waals surface area contributed by atoms with Gasteiger partial charge in [-0.25, -0.2) is 4.68 Å². The van der Waals surface area contributed by atoms with Gasteiger partial charge in [-0.15, -0.1) is 0 Å². The van der Waals surface area contributed by atoms with E-state index in [1.807, 2.05) is 20.0 Å². The highest BCUT2D eigenvalue weighted by Crippen LogP contribution is 2.19. The lowest BCUT2D eigenvalue weighted by molar-refractivity contribution is 0.414. The number of anilines is 1. The molecule has 6 heteroatoms. The molecule has 0 unspecified atom stereocenters. The average molecular weight is 219 g/mol. The number of ether oxygens (including phenoxy) is 1. The molecule has 1 N–H and O–H groups in total. The normalized spacial score (nSPS) is 10.2. The predicted molar refractivity (Wildman–Crippen MR) is 59.6 cm³/mol. The van der Waals surface area contributed by atoms with Crippen molar-refractivity contribution in [3.05, 3.63) is 24.2 Å².